The summed E-state index contributed by atoms with van der Waals surface area (Å²) in [6.45, 7) is 3.34. The van der Waals surface area contributed by atoms with Crippen molar-refractivity contribution >= 4 is 9.84 Å². The molecule has 0 spiro atoms. The highest BCUT2D eigenvalue weighted by molar-refractivity contribution is 7.91. The van der Waals surface area contributed by atoms with E-state index >= 15 is 0 Å². The lowest BCUT2D eigenvalue weighted by Gasteiger charge is -2.21. The van der Waals surface area contributed by atoms with Crippen LogP contribution in [0.5, 0.6) is 0 Å². The van der Waals surface area contributed by atoms with Gasteiger partial charge in [0, 0.05) is 7.11 Å². The first-order valence-corrected chi connectivity index (χ1v) is 5.28. The van der Waals surface area contributed by atoms with Crippen LogP contribution in [0.2, 0.25) is 0 Å². The maximum Gasteiger partial charge on any atom is 0.166 e. The van der Waals surface area contributed by atoms with Gasteiger partial charge in [-0.1, -0.05) is 0 Å². The van der Waals surface area contributed by atoms with Crippen molar-refractivity contribution in [3.63, 3.8) is 0 Å². The van der Waals surface area contributed by atoms with Gasteiger partial charge in [0.15, 0.2) is 9.84 Å². The van der Waals surface area contributed by atoms with Gasteiger partial charge < -0.3 is 4.74 Å². The Balaban J connectivity index is 4.38. The Morgan fingerprint density at radius 1 is 1.50 bits per heavy atom. The molecule has 12 heavy (non-hydrogen) atoms. The molecule has 0 bridgehead atoms. The molecule has 70 valence electrons. The molecule has 0 fully saturated rings. The maximum atomic E-state index is 11.1. The first kappa shape index (κ1) is 11.4. The van der Waals surface area contributed by atoms with Gasteiger partial charge in [-0.05, 0) is 13.8 Å². The lowest BCUT2D eigenvalue weighted by atomic mass is 10.2. The third-order valence-electron chi connectivity index (χ3n) is 1.40. The maximum absolute atomic E-state index is 11.1. The standard InChI is InChI=1S/C7H13NO3S/c1-7(2,11-3)6-12(9,10)5-4-8/h5-6H2,1-3H3. The Morgan fingerprint density at radius 2 is 2.00 bits per heavy atom. The number of nitrogens with zero attached hydrogens (tertiary/aromatic N) is 1. The highest BCUT2D eigenvalue weighted by Gasteiger charge is 2.25. The fourth-order valence-electron chi connectivity index (χ4n) is 0.738. The molecule has 5 heteroatoms. The van der Waals surface area contributed by atoms with E-state index in [4.69, 9.17) is 10.00 Å². The van der Waals surface area contributed by atoms with E-state index in [1.165, 1.54) is 7.11 Å². The fourth-order valence-corrected chi connectivity index (χ4v) is 2.21. The Hall–Kier alpha value is -0.600. The summed E-state index contributed by atoms with van der Waals surface area (Å²) in [5, 5.41) is 8.20. The van der Waals surface area contributed by atoms with Crippen LogP contribution in [0.3, 0.4) is 0 Å². The van der Waals surface area contributed by atoms with Gasteiger partial charge in [0.05, 0.1) is 17.4 Å². The Morgan fingerprint density at radius 3 is 2.33 bits per heavy atom. The summed E-state index contributed by atoms with van der Waals surface area (Å²) in [6.07, 6.45) is 0. The fraction of sp³-hybridized carbons (Fsp3) is 0.857. The van der Waals surface area contributed by atoms with E-state index in [0.717, 1.165) is 0 Å². The molecule has 0 unspecified atom stereocenters. The molecule has 0 aliphatic carbocycles. The second-order valence-corrected chi connectivity index (χ2v) is 5.22. The third-order valence-corrected chi connectivity index (χ3v) is 3.11. The van der Waals surface area contributed by atoms with Crippen LogP contribution >= 0.6 is 0 Å². The van der Waals surface area contributed by atoms with Crippen LogP contribution in [0.4, 0.5) is 0 Å². The lowest BCUT2D eigenvalue weighted by Crippen LogP contribution is -2.33. The molecule has 0 aliphatic heterocycles. The monoisotopic (exact) mass is 191 g/mol. The van der Waals surface area contributed by atoms with Crippen molar-refractivity contribution in [3.8, 4) is 6.07 Å². The number of hydrogen-bond acceptors (Lipinski definition) is 4. The van der Waals surface area contributed by atoms with E-state index in [1.54, 1.807) is 19.9 Å². The van der Waals surface area contributed by atoms with Crippen molar-refractivity contribution in [2.75, 3.05) is 18.6 Å². The number of rotatable bonds is 4. The third kappa shape index (κ3) is 4.31. The molecular formula is C7H13NO3S. The van der Waals surface area contributed by atoms with E-state index in [9.17, 15) is 8.42 Å². The van der Waals surface area contributed by atoms with Crippen LogP contribution in [0.1, 0.15) is 13.8 Å². The molecule has 0 amide bonds. The first-order valence-electron chi connectivity index (χ1n) is 3.45. The normalized spacial score (nSPS) is 12.5. The highest BCUT2D eigenvalue weighted by Crippen LogP contribution is 2.10. The summed E-state index contributed by atoms with van der Waals surface area (Å²) < 4.78 is 27.1. The highest BCUT2D eigenvalue weighted by atomic mass is 32.2. The topological polar surface area (TPSA) is 67.2 Å². The Bertz CT molecular complexity index is 274. The molecule has 0 radical (unpaired) electrons. The van der Waals surface area contributed by atoms with Gasteiger partial charge in [0.25, 0.3) is 0 Å². The van der Waals surface area contributed by atoms with Gasteiger partial charge in [-0.2, -0.15) is 5.26 Å². The van der Waals surface area contributed by atoms with Crippen LogP contribution in [0, 0.1) is 11.3 Å². The molecule has 0 aliphatic rings. The summed E-state index contributed by atoms with van der Waals surface area (Å²) in [5.41, 5.74) is -0.713. The van der Waals surface area contributed by atoms with Gasteiger partial charge in [-0.15, -0.1) is 0 Å². The number of nitriles is 1. The Kier molecular flexibility index (Phi) is 3.68. The summed E-state index contributed by atoms with van der Waals surface area (Å²) >= 11 is 0. The minimum atomic E-state index is -3.29. The summed E-state index contributed by atoms with van der Waals surface area (Å²) in [6, 6.07) is 1.61. The van der Waals surface area contributed by atoms with Gasteiger partial charge in [-0.3, -0.25) is 0 Å². The van der Waals surface area contributed by atoms with Crippen LogP contribution in [-0.2, 0) is 14.6 Å². The first-order chi connectivity index (χ1) is 5.33. The predicted octanol–water partition coefficient (Wildman–Crippen LogP) is 0.350. The largest absolute Gasteiger partial charge is 0.378 e. The van der Waals surface area contributed by atoms with Crippen molar-refractivity contribution < 1.29 is 13.2 Å². The van der Waals surface area contributed by atoms with Crippen molar-refractivity contribution in [1.29, 1.82) is 5.26 Å². The molecule has 0 aromatic rings. The molecule has 0 saturated carbocycles. The lowest BCUT2D eigenvalue weighted by molar-refractivity contribution is 0.0426. The number of hydrogen-bond donors (Lipinski definition) is 0. The molecular weight excluding hydrogens is 178 g/mol. The minimum Gasteiger partial charge on any atom is -0.378 e. The average Bonchev–Trinajstić information content (AvgIpc) is 1.85. The quantitative estimate of drug-likeness (QED) is 0.643. The number of sulfone groups is 1. The zero-order chi connectivity index (χ0) is 9.83. The smallest absolute Gasteiger partial charge is 0.166 e. The second kappa shape index (κ2) is 3.87. The van der Waals surface area contributed by atoms with E-state index in [-0.39, 0.29) is 5.75 Å². The zero-order valence-corrected chi connectivity index (χ0v) is 8.31. The summed E-state index contributed by atoms with van der Waals surface area (Å²) in [5.74, 6) is -0.566. The minimum absolute atomic E-state index is 0.121. The van der Waals surface area contributed by atoms with E-state index in [1.807, 2.05) is 0 Å². The molecule has 0 N–H and O–H groups in total. The van der Waals surface area contributed by atoms with Crippen molar-refractivity contribution in [2.24, 2.45) is 0 Å². The van der Waals surface area contributed by atoms with E-state index < -0.39 is 21.2 Å². The van der Waals surface area contributed by atoms with Crippen molar-refractivity contribution in [3.05, 3.63) is 0 Å². The zero-order valence-electron chi connectivity index (χ0n) is 7.49. The Labute approximate surface area is 73.1 Å². The molecule has 0 saturated heterocycles. The van der Waals surface area contributed by atoms with Gasteiger partial charge in [-0.25, -0.2) is 8.42 Å². The molecule has 0 heterocycles. The number of methoxy groups -OCH3 is 1. The molecule has 0 aromatic carbocycles. The van der Waals surface area contributed by atoms with Gasteiger partial charge >= 0.3 is 0 Å². The molecule has 4 nitrogen and oxygen atoms in total. The number of ether oxygens (including phenoxy) is 1. The van der Waals surface area contributed by atoms with Crippen LogP contribution in [0.15, 0.2) is 0 Å². The van der Waals surface area contributed by atoms with Crippen molar-refractivity contribution in [2.45, 2.75) is 19.4 Å². The summed E-state index contributed by atoms with van der Waals surface area (Å²) in [4.78, 5) is 0. The van der Waals surface area contributed by atoms with Gasteiger partial charge in [0.2, 0.25) is 0 Å². The molecule has 0 atom stereocenters. The van der Waals surface area contributed by atoms with Crippen LogP contribution in [0.25, 0.3) is 0 Å². The van der Waals surface area contributed by atoms with E-state index in [2.05, 4.69) is 0 Å². The van der Waals surface area contributed by atoms with Crippen molar-refractivity contribution in [1.82, 2.24) is 0 Å². The second-order valence-electron chi connectivity index (χ2n) is 3.15. The predicted molar refractivity (Wildman–Crippen MR) is 45.4 cm³/mol. The molecule has 0 rings (SSSR count). The van der Waals surface area contributed by atoms with Crippen LogP contribution in [-0.4, -0.2) is 32.6 Å². The SMILES string of the molecule is COC(C)(C)CS(=O)(=O)CC#N. The van der Waals surface area contributed by atoms with Crippen LogP contribution < -0.4 is 0 Å². The van der Waals surface area contributed by atoms with Gasteiger partial charge in [0.1, 0.15) is 5.75 Å². The average molecular weight is 191 g/mol. The van der Waals surface area contributed by atoms with E-state index in [0.29, 0.717) is 0 Å². The summed E-state index contributed by atoms with van der Waals surface area (Å²) in [7, 11) is -1.84. The molecule has 0 aromatic heterocycles.